The fourth-order valence-corrected chi connectivity index (χ4v) is 4.48. The van der Waals surface area contributed by atoms with Crippen molar-refractivity contribution in [2.75, 3.05) is 26.1 Å². The van der Waals surface area contributed by atoms with Crippen molar-refractivity contribution in [1.82, 2.24) is 15.3 Å². The largest absolute Gasteiger partial charge is 0.573 e. The predicted octanol–water partition coefficient (Wildman–Crippen LogP) is 7.02. The van der Waals surface area contributed by atoms with E-state index < -0.39 is 18.2 Å². The van der Waals surface area contributed by atoms with Crippen LogP contribution in [-0.2, 0) is 9.53 Å². The molecule has 4 rings (SSSR count). The second kappa shape index (κ2) is 15.2. The monoisotopic (exact) mass is 644 g/mol. The highest BCUT2D eigenvalue weighted by Crippen LogP contribution is 2.35. The van der Waals surface area contributed by atoms with Gasteiger partial charge in [-0.2, -0.15) is 0 Å². The molecule has 1 aromatic heterocycles. The summed E-state index contributed by atoms with van der Waals surface area (Å²) >= 11 is 6.42. The van der Waals surface area contributed by atoms with Crippen molar-refractivity contribution in [3.8, 4) is 23.0 Å². The van der Waals surface area contributed by atoms with E-state index in [0.29, 0.717) is 36.4 Å². The fraction of sp³-hybridized carbons (Fsp3) is 0.226. The van der Waals surface area contributed by atoms with Crippen LogP contribution >= 0.6 is 11.6 Å². The van der Waals surface area contributed by atoms with Crippen LogP contribution in [0, 0.1) is 0 Å². The summed E-state index contributed by atoms with van der Waals surface area (Å²) in [6.45, 7) is 0.416. The molecule has 4 aromatic rings. The van der Waals surface area contributed by atoms with E-state index in [1.54, 1.807) is 25.3 Å². The van der Waals surface area contributed by atoms with E-state index in [9.17, 15) is 22.8 Å². The number of anilines is 2. The third-order valence-electron chi connectivity index (χ3n) is 6.35. The number of benzene rings is 3. The van der Waals surface area contributed by atoms with Crippen LogP contribution in [-0.4, -0.2) is 49.4 Å². The van der Waals surface area contributed by atoms with Gasteiger partial charge in [0.2, 0.25) is 0 Å². The molecule has 0 saturated carbocycles. The van der Waals surface area contributed by atoms with Crippen LogP contribution in [0.2, 0.25) is 5.02 Å². The van der Waals surface area contributed by atoms with Gasteiger partial charge in [-0.05, 0) is 61.0 Å². The van der Waals surface area contributed by atoms with Crippen molar-refractivity contribution in [3.63, 3.8) is 0 Å². The predicted molar refractivity (Wildman–Crippen MR) is 159 cm³/mol. The van der Waals surface area contributed by atoms with Gasteiger partial charge in [-0.15, -0.1) is 13.2 Å². The van der Waals surface area contributed by atoms with Gasteiger partial charge >= 0.3 is 12.3 Å². The first-order valence-corrected chi connectivity index (χ1v) is 13.8. The fourth-order valence-electron chi connectivity index (χ4n) is 4.26. The summed E-state index contributed by atoms with van der Waals surface area (Å²) in [6.07, 6.45) is -2.20. The third kappa shape index (κ3) is 9.30. The number of hydrogen-bond acceptors (Lipinski definition) is 10. The van der Waals surface area contributed by atoms with Crippen LogP contribution < -0.4 is 24.8 Å². The molecule has 0 aliphatic carbocycles. The molecule has 0 saturated heterocycles. The zero-order chi connectivity index (χ0) is 32.4. The third-order valence-corrected chi connectivity index (χ3v) is 6.65. The molecule has 1 heterocycles. The molecule has 1 atom stereocenters. The number of ether oxygens (including phenoxy) is 4. The number of nitrogens with one attached hydrogen (secondary N) is 2. The summed E-state index contributed by atoms with van der Waals surface area (Å²) in [5.41, 5.74) is 1.80. The summed E-state index contributed by atoms with van der Waals surface area (Å²) in [4.78, 5) is 32.7. The summed E-state index contributed by atoms with van der Waals surface area (Å²) in [5, 5.41) is 6.56. The Hall–Kier alpha value is -4.88. The topological polar surface area (TPSA) is 121 Å². The maximum absolute atomic E-state index is 12.6. The maximum atomic E-state index is 12.6. The van der Waals surface area contributed by atoms with Crippen LogP contribution in [0.15, 0.2) is 73.1 Å². The summed E-state index contributed by atoms with van der Waals surface area (Å²) in [6, 6.07) is 16.3. The minimum absolute atomic E-state index is 0.0757. The molecule has 1 unspecified atom stereocenters. The lowest BCUT2D eigenvalue weighted by Gasteiger charge is -2.21. The van der Waals surface area contributed by atoms with Gasteiger partial charge in [0.05, 0.1) is 36.5 Å². The summed E-state index contributed by atoms with van der Waals surface area (Å²) < 4.78 is 57.3. The first-order chi connectivity index (χ1) is 21.6. The quantitative estimate of drug-likeness (QED) is 0.0842. The van der Waals surface area contributed by atoms with E-state index in [-0.39, 0.29) is 40.3 Å². The highest BCUT2D eigenvalue weighted by atomic mass is 35.5. The average Bonchev–Trinajstić information content (AvgIpc) is 3.01. The van der Waals surface area contributed by atoms with Gasteiger partial charge in [-0.25, -0.2) is 9.97 Å². The lowest BCUT2D eigenvalue weighted by Crippen LogP contribution is -2.26. The molecule has 0 bridgehead atoms. The van der Waals surface area contributed by atoms with Gasteiger partial charge in [0, 0.05) is 18.2 Å². The zero-order valence-electron chi connectivity index (χ0n) is 24.1. The molecular weight excluding hydrogens is 617 g/mol. The highest BCUT2D eigenvalue weighted by molar-refractivity contribution is 6.32. The number of aldehydes is 1. The van der Waals surface area contributed by atoms with E-state index in [1.165, 1.54) is 37.7 Å². The van der Waals surface area contributed by atoms with E-state index >= 15 is 0 Å². The molecule has 0 amide bonds. The van der Waals surface area contributed by atoms with Crippen LogP contribution in [0.5, 0.6) is 23.0 Å². The number of carbonyl (C=O) groups excluding carboxylic acids is 2. The van der Waals surface area contributed by atoms with Crippen LogP contribution in [0.1, 0.15) is 40.5 Å². The standard InChI is InChI=1S/C31H28ClF3N4O6/c1-42-21-11-8-19(9-12-21)28(36-14-4-7-27(41)43-2)29-24(17-40)30(38-18-37-29)39-20-10-13-26(25(32)15-20)44-22-5-3-6-23(16-22)45-31(33,34)35/h3,5-6,8-13,15-18,28,36H,4,7,14H2,1-2H3,(H,37,38,39). The molecule has 0 fully saturated rings. The van der Waals surface area contributed by atoms with Crippen molar-refractivity contribution in [2.24, 2.45) is 0 Å². The van der Waals surface area contributed by atoms with E-state index in [4.69, 9.17) is 25.8 Å². The van der Waals surface area contributed by atoms with Crippen LogP contribution in [0.3, 0.4) is 0 Å². The maximum Gasteiger partial charge on any atom is 0.573 e. The van der Waals surface area contributed by atoms with Gasteiger partial charge in [-0.1, -0.05) is 29.8 Å². The normalized spacial score (nSPS) is 11.8. The number of aromatic nitrogens is 2. The second-order valence-corrected chi connectivity index (χ2v) is 9.78. The van der Waals surface area contributed by atoms with E-state index in [2.05, 4.69) is 25.3 Å². The zero-order valence-corrected chi connectivity index (χ0v) is 24.8. The molecular formula is C31H28ClF3N4O6. The molecule has 2 N–H and O–H groups in total. The molecule has 3 aromatic carbocycles. The Kier molecular flexibility index (Phi) is 11.2. The minimum atomic E-state index is -4.85. The first-order valence-electron chi connectivity index (χ1n) is 13.4. The molecule has 236 valence electrons. The Morgan fingerprint density at radius 3 is 2.42 bits per heavy atom. The molecule has 0 aliphatic heterocycles. The Morgan fingerprint density at radius 2 is 1.76 bits per heavy atom. The summed E-state index contributed by atoms with van der Waals surface area (Å²) in [5.74, 6) is 0.315. The number of hydrogen-bond donors (Lipinski definition) is 2. The molecule has 45 heavy (non-hydrogen) atoms. The van der Waals surface area contributed by atoms with Gasteiger partial charge < -0.3 is 29.6 Å². The molecule has 0 aliphatic rings. The second-order valence-electron chi connectivity index (χ2n) is 9.37. The summed E-state index contributed by atoms with van der Waals surface area (Å²) in [7, 11) is 2.88. The molecule has 10 nitrogen and oxygen atoms in total. The Balaban J connectivity index is 1.57. The molecule has 14 heteroatoms. The van der Waals surface area contributed by atoms with Crippen molar-refractivity contribution < 1.29 is 41.7 Å². The van der Waals surface area contributed by atoms with Crippen LogP contribution in [0.25, 0.3) is 0 Å². The smallest absolute Gasteiger partial charge is 0.497 e. The number of carbonyl (C=O) groups is 2. The number of esters is 1. The SMILES string of the molecule is COC(=O)CCCNC(c1ccc(OC)cc1)c1ncnc(Nc2ccc(Oc3cccc(OC(F)(F)F)c3)c(Cl)c2)c1C=O. The number of alkyl halides is 3. The molecule has 0 radical (unpaired) electrons. The number of halogens is 4. The van der Waals surface area contributed by atoms with Crippen molar-refractivity contribution in [3.05, 3.63) is 94.9 Å². The number of methoxy groups -OCH3 is 2. The molecule has 0 spiro atoms. The Labute approximate surface area is 261 Å². The van der Waals surface area contributed by atoms with Crippen LogP contribution in [0.4, 0.5) is 24.7 Å². The number of rotatable bonds is 14. The van der Waals surface area contributed by atoms with Gasteiger partial charge in [0.1, 0.15) is 35.1 Å². The first kappa shape index (κ1) is 33.0. The van der Waals surface area contributed by atoms with Crippen molar-refractivity contribution in [2.45, 2.75) is 25.2 Å². The van der Waals surface area contributed by atoms with E-state index in [1.807, 2.05) is 12.1 Å². The number of nitrogens with zero attached hydrogens (tertiary/aromatic N) is 2. The van der Waals surface area contributed by atoms with Gasteiger partial charge in [-0.3, -0.25) is 9.59 Å². The van der Waals surface area contributed by atoms with Crippen molar-refractivity contribution >= 4 is 35.4 Å². The van der Waals surface area contributed by atoms with E-state index in [0.717, 1.165) is 17.7 Å². The Bertz CT molecular complexity index is 1620. The average molecular weight is 645 g/mol. The van der Waals surface area contributed by atoms with Gasteiger partial charge in [0.25, 0.3) is 0 Å². The lowest BCUT2D eigenvalue weighted by molar-refractivity contribution is -0.274. The Morgan fingerprint density at radius 1 is 1.00 bits per heavy atom. The highest BCUT2D eigenvalue weighted by Gasteiger charge is 2.31. The van der Waals surface area contributed by atoms with Gasteiger partial charge in [0.15, 0.2) is 6.29 Å². The van der Waals surface area contributed by atoms with Crippen molar-refractivity contribution in [1.29, 1.82) is 0 Å². The lowest BCUT2D eigenvalue weighted by atomic mass is 9.99. The minimum Gasteiger partial charge on any atom is -0.497 e.